The molecular weight excluding hydrogens is 665 g/mol. The highest BCUT2D eigenvalue weighted by Gasteiger charge is 2.40. The van der Waals surface area contributed by atoms with Crippen molar-refractivity contribution in [1.29, 1.82) is 0 Å². The topological polar surface area (TPSA) is 133 Å². The van der Waals surface area contributed by atoms with E-state index in [0.717, 1.165) is 41.7 Å². The quantitative estimate of drug-likeness (QED) is 0.137. The van der Waals surface area contributed by atoms with Crippen LogP contribution in [0.1, 0.15) is 85.1 Å². The minimum absolute atomic E-state index is 0.00471. The monoisotopic (exact) mass is 707 g/mol. The van der Waals surface area contributed by atoms with Gasteiger partial charge in [-0.3, -0.25) is 14.4 Å². The van der Waals surface area contributed by atoms with Crippen molar-refractivity contribution in [1.82, 2.24) is 19.9 Å². The van der Waals surface area contributed by atoms with Crippen LogP contribution in [0.4, 0.5) is 10.2 Å². The Balaban J connectivity index is 1.02. The first-order valence-electron chi connectivity index (χ1n) is 17.7. The summed E-state index contributed by atoms with van der Waals surface area (Å²) in [6.07, 6.45) is 7.91. The number of carbonyl (C=O) groups is 3. The molecule has 2 fully saturated rings. The first-order chi connectivity index (χ1) is 25.1. The molecule has 2 N–H and O–H groups in total. The van der Waals surface area contributed by atoms with E-state index in [-0.39, 0.29) is 52.1 Å². The van der Waals surface area contributed by atoms with Crippen molar-refractivity contribution in [2.24, 2.45) is 10.8 Å². The summed E-state index contributed by atoms with van der Waals surface area (Å²) < 4.78 is 34.1. The highest BCUT2D eigenvalue weighted by molar-refractivity contribution is 6.12. The van der Waals surface area contributed by atoms with Gasteiger partial charge in [-0.2, -0.15) is 0 Å². The van der Waals surface area contributed by atoms with E-state index >= 15 is 4.39 Å². The van der Waals surface area contributed by atoms with Gasteiger partial charge in [0, 0.05) is 25.0 Å². The summed E-state index contributed by atoms with van der Waals surface area (Å²) in [5.41, 5.74) is 0.663. The van der Waals surface area contributed by atoms with E-state index < -0.39 is 29.2 Å². The molecule has 12 heteroatoms. The number of fused-ring (bicyclic) bond motifs is 2. The van der Waals surface area contributed by atoms with Crippen LogP contribution in [0.3, 0.4) is 0 Å². The number of methoxy groups -OCH3 is 1. The smallest absolute Gasteiger partial charge is 0.312 e. The summed E-state index contributed by atoms with van der Waals surface area (Å²) >= 11 is 0. The Bertz CT molecular complexity index is 2150. The molecule has 2 heterocycles. The van der Waals surface area contributed by atoms with Crippen molar-refractivity contribution in [3.8, 4) is 11.5 Å². The van der Waals surface area contributed by atoms with Crippen molar-refractivity contribution in [2.45, 2.75) is 71.5 Å². The fraction of sp³-hybridized carbons (Fsp3) is 0.375. The maximum absolute atomic E-state index is 15.4. The lowest BCUT2D eigenvalue weighted by Crippen LogP contribution is -2.40. The van der Waals surface area contributed by atoms with Gasteiger partial charge in [-0.15, -0.1) is 5.10 Å². The lowest BCUT2D eigenvalue weighted by Gasteiger charge is -2.38. The number of benzene rings is 3. The van der Waals surface area contributed by atoms with E-state index in [1.165, 1.54) is 17.7 Å². The molecule has 11 nitrogen and oxygen atoms in total. The number of aromatic nitrogens is 3. The van der Waals surface area contributed by atoms with Gasteiger partial charge in [0.2, 0.25) is 0 Å². The molecule has 3 aromatic carbocycles. The average molecular weight is 708 g/mol. The Hall–Kier alpha value is -5.52. The number of carbonyl (C=O) groups excluding carboxylic acids is 3. The lowest BCUT2D eigenvalue weighted by atomic mass is 9.70. The molecule has 2 amide bonds. The van der Waals surface area contributed by atoms with Gasteiger partial charge >= 0.3 is 5.97 Å². The standard InChI is InChI=1S/C40H42FN5O6/c1-39(15-7-16-39)24-43-37(48)33-34(45-46-20-8-19-42-35(33)46)44-36(47)29-21-32(30(41)22-31(29)50-3)52-27-13-17-40(2,18-14-27)38(49)51-23-26-11-6-10-25-9-4-5-12-28(25)26/h4-6,8-12,19-22,27H,7,13-18,23-24H2,1-3H3,(H,43,48)(H,44,45,47). The van der Waals surface area contributed by atoms with E-state index in [0.29, 0.717) is 32.2 Å². The third kappa shape index (κ3) is 7.02. The Morgan fingerprint density at radius 1 is 0.962 bits per heavy atom. The number of nitrogens with one attached hydrogen (secondary N) is 2. The maximum atomic E-state index is 15.4. The third-order valence-electron chi connectivity index (χ3n) is 10.7. The molecule has 2 aromatic heterocycles. The fourth-order valence-corrected chi connectivity index (χ4v) is 7.14. The number of esters is 1. The first-order valence-corrected chi connectivity index (χ1v) is 17.7. The molecule has 0 bridgehead atoms. The fourth-order valence-electron chi connectivity index (χ4n) is 7.14. The van der Waals surface area contributed by atoms with Crippen molar-refractivity contribution < 1.29 is 33.0 Å². The summed E-state index contributed by atoms with van der Waals surface area (Å²) in [6.45, 7) is 4.68. The second-order valence-corrected chi connectivity index (χ2v) is 14.5. The van der Waals surface area contributed by atoms with Crippen LogP contribution < -0.4 is 20.1 Å². The number of hydrogen-bond acceptors (Lipinski definition) is 8. The number of halogens is 1. The minimum Gasteiger partial charge on any atom is -0.496 e. The van der Waals surface area contributed by atoms with Crippen LogP contribution in [-0.4, -0.2) is 52.1 Å². The van der Waals surface area contributed by atoms with E-state index in [4.69, 9.17) is 14.2 Å². The molecule has 5 aromatic rings. The van der Waals surface area contributed by atoms with Crippen molar-refractivity contribution >= 4 is 40.0 Å². The molecule has 0 radical (unpaired) electrons. The summed E-state index contributed by atoms with van der Waals surface area (Å²) in [4.78, 5) is 44.8. The van der Waals surface area contributed by atoms with Crippen LogP contribution in [0, 0.1) is 16.6 Å². The number of amides is 2. The number of hydrogen-bond donors (Lipinski definition) is 2. The second kappa shape index (κ2) is 14.2. The summed E-state index contributed by atoms with van der Waals surface area (Å²) in [7, 11) is 1.34. The number of anilines is 1. The van der Waals surface area contributed by atoms with Crippen LogP contribution in [0.15, 0.2) is 73.1 Å². The van der Waals surface area contributed by atoms with Gasteiger partial charge in [-0.25, -0.2) is 13.9 Å². The van der Waals surface area contributed by atoms with E-state index in [2.05, 4.69) is 27.6 Å². The SMILES string of the molecule is COc1cc(F)c(OC2CCC(C)(C(=O)OCc3cccc4ccccc34)CC2)cc1C(=O)Nc1nn2cccnc2c1C(=O)NCC1(C)CCC1. The molecule has 2 aliphatic carbocycles. The van der Waals surface area contributed by atoms with Crippen LogP contribution in [-0.2, 0) is 16.1 Å². The number of rotatable bonds is 11. The van der Waals surface area contributed by atoms with Gasteiger partial charge in [-0.05, 0) is 79.3 Å². The van der Waals surface area contributed by atoms with Crippen molar-refractivity contribution in [2.75, 3.05) is 19.0 Å². The predicted molar refractivity (Wildman–Crippen MR) is 193 cm³/mol. The van der Waals surface area contributed by atoms with Gasteiger partial charge in [0.1, 0.15) is 17.9 Å². The molecule has 0 spiro atoms. The zero-order chi connectivity index (χ0) is 36.5. The Labute approximate surface area is 300 Å². The normalized spacial score (nSPS) is 19.4. The van der Waals surface area contributed by atoms with E-state index in [1.807, 2.05) is 49.4 Å². The van der Waals surface area contributed by atoms with Crippen molar-refractivity contribution in [3.63, 3.8) is 0 Å². The van der Waals surface area contributed by atoms with Crippen LogP contribution in [0.2, 0.25) is 0 Å². The maximum Gasteiger partial charge on any atom is 0.312 e. The molecular formula is C40H42FN5O6. The molecule has 7 rings (SSSR count). The molecule has 0 unspecified atom stereocenters. The van der Waals surface area contributed by atoms with Gasteiger partial charge in [0.25, 0.3) is 11.8 Å². The summed E-state index contributed by atoms with van der Waals surface area (Å²) in [5.74, 6) is -2.18. The molecule has 0 atom stereocenters. The summed E-state index contributed by atoms with van der Waals surface area (Å²) in [6, 6.07) is 18.0. The summed E-state index contributed by atoms with van der Waals surface area (Å²) in [5, 5.41) is 12.3. The molecule has 0 aliphatic heterocycles. The lowest BCUT2D eigenvalue weighted by molar-refractivity contribution is -0.159. The predicted octanol–water partition coefficient (Wildman–Crippen LogP) is 7.27. The molecule has 270 valence electrons. The highest BCUT2D eigenvalue weighted by atomic mass is 19.1. The average Bonchev–Trinajstić information content (AvgIpc) is 3.51. The Morgan fingerprint density at radius 2 is 1.73 bits per heavy atom. The Morgan fingerprint density at radius 3 is 2.48 bits per heavy atom. The van der Waals surface area contributed by atoms with Gasteiger partial charge in [-0.1, -0.05) is 55.8 Å². The van der Waals surface area contributed by atoms with Crippen LogP contribution >= 0.6 is 0 Å². The minimum atomic E-state index is -0.712. The van der Waals surface area contributed by atoms with Gasteiger partial charge in [0.15, 0.2) is 23.0 Å². The molecule has 2 aliphatic rings. The molecule has 52 heavy (non-hydrogen) atoms. The Kier molecular flexibility index (Phi) is 9.56. The van der Waals surface area contributed by atoms with E-state index in [1.54, 1.807) is 18.5 Å². The number of ether oxygens (including phenoxy) is 3. The van der Waals surface area contributed by atoms with Gasteiger partial charge in [0.05, 0.1) is 24.2 Å². The largest absolute Gasteiger partial charge is 0.496 e. The van der Waals surface area contributed by atoms with Crippen molar-refractivity contribution in [3.05, 3.63) is 95.6 Å². The zero-order valence-electron chi connectivity index (χ0n) is 29.5. The van der Waals surface area contributed by atoms with Crippen LogP contribution in [0.5, 0.6) is 11.5 Å². The molecule has 0 saturated heterocycles. The zero-order valence-corrected chi connectivity index (χ0v) is 29.5. The highest BCUT2D eigenvalue weighted by Crippen LogP contribution is 2.41. The molecule has 2 saturated carbocycles. The van der Waals surface area contributed by atoms with E-state index in [9.17, 15) is 14.4 Å². The third-order valence-corrected chi connectivity index (χ3v) is 10.7. The second-order valence-electron chi connectivity index (χ2n) is 14.5. The first kappa shape index (κ1) is 34.9. The van der Waals surface area contributed by atoms with Crippen LogP contribution in [0.25, 0.3) is 16.4 Å². The number of nitrogens with zero attached hydrogens (tertiary/aromatic N) is 3. The van der Waals surface area contributed by atoms with Gasteiger partial charge < -0.3 is 24.8 Å².